The van der Waals surface area contributed by atoms with Crippen LogP contribution in [0.4, 0.5) is 10.2 Å². The van der Waals surface area contributed by atoms with Crippen LogP contribution in [0.25, 0.3) is 11.0 Å². The van der Waals surface area contributed by atoms with Crippen LogP contribution in [0.15, 0.2) is 42.9 Å². The second kappa shape index (κ2) is 8.85. The van der Waals surface area contributed by atoms with Gasteiger partial charge in [0, 0.05) is 22.9 Å². The maximum absolute atomic E-state index is 15.3. The van der Waals surface area contributed by atoms with Crippen molar-refractivity contribution in [2.24, 2.45) is 0 Å². The van der Waals surface area contributed by atoms with Crippen molar-refractivity contribution >= 4 is 31.0 Å². The molecule has 5 rings (SSSR count). The number of benzene rings is 1. The number of ether oxygens (including phenoxy) is 1. The highest BCUT2D eigenvalue weighted by molar-refractivity contribution is 7.32. The molecule has 12 heteroatoms. The van der Waals surface area contributed by atoms with Gasteiger partial charge >= 0.3 is 8.25 Å². The first-order valence-corrected chi connectivity index (χ1v) is 11.6. The molecule has 10 nitrogen and oxygen atoms in total. The van der Waals surface area contributed by atoms with E-state index in [1.807, 2.05) is 6.07 Å². The number of anilines is 1. The molecule has 2 unspecified atom stereocenters. The van der Waals surface area contributed by atoms with Gasteiger partial charge in [0.25, 0.3) is 5.91 Å². The number of hydrogen-bond acceptors (Lipinski definition) is 7. The standard InChI is InChI=1S/C21H20FN4O6P/c22-16-17(32-33(29)30)14(10-27)31-21(16)26-9-13-7-4-8-25(18-15(13)19(26)24-11-23-18)20(28)12-5-2-1-3-6-12/h1-3,5-6,9,11,14,16-17,21,27H,4,7-8,10H2/p+1/t14-,16?,17+,21-/m1/s1. The Bertz CT molecular complexity index is 1210. The molecule has 0 saturated carbocycles. The van der Waals surface area contributed by atoms with Crippen molar-refractivity contribution in [3.8, 4) is 0 Å². The maximum Gasteiger partial charge on any atom is 0.695 e. The minimum atomic E-state index is -3.09. The van der Waals surface area contributed by atoms with Gasteiger partial charge in [-0.05, 0) is 30.5 Å². The van der Waals surface area contributed by atoms with E-state index in [9.17, 15) is 14.5 Å². The Hall–Kier alpha value is -2.82. The SMILES string of the molecule is O=C(c1ccccc1)N1CCCc2cn([C@@H]3O[C@H](CO)[C@H](O[P+](=O)O)C3F)c3ncnc1c23. The second-order valence-electron chi connectivity index (χ2n) is 7.88. The van der Waals surface area contributed by atoms with Crippen molar-refractivity contribution < 1.29 is 33.0 Å². The molecule has 3 aromatic rings. The Kier molecular flexibility index (Phi) is 5.90. The van der Waals surface area contributed by atoms with Crippen molar-refractivity contribution in [3.63, 3.8) is 0 Å². The molecular formula is C21H21FN4O6P+. The summed E-state index contributed by atoms with van der Waals surface area (Å²) in [5.41, 5.74) is 1.72. The number of aliphatic hydroxyl groups is 1. The number of rotatable bonds is 5. The lowest BCUT2D eigenvalue weighted by molar-refractivity contribution is -0.0434. The molecule has 5 atom stereocenters. The fourth-order valence-corrected chi connectivity index (χ4v) is 4.96. The van der Waals surface area contributed by atoms with Crippen LogP contribution < -0.4 is 4.90 Å². The van der Waals surface area contributed by atoms with Crippen LogP contribution in [0.1, 0.15) is 28.6 Å². The summed E-state index contributed by atoms with van der Waals surface area (Å²) in [6.45, 7) is -0.122. The molecule has 1 fully saturated rings. The number of halogens is 1. The van der Waals surface area contributed by atoms with Crippen molar-refractivity contribution in [1.82, 2.24) is 14.5 Å². The zero-order valence-electron chi connectivity index (χ0n) is 17.3. The van der Waals surface area contributed by atoms with Crippen LogP contribution in [0, 0.1) is 0 Å². The van der Waals surface area contributed by atoms with Crippen LogP contribution in [0.2, 0.25) is 0 Å². The number of alkyl halides is 1. The fraction of sp³-hybridized carbons (Fsp3) is 0.381. The van der Waals surface area contributed by atoms with Gasteiger partial charge in [0.15, 0.2) is 18.5 Å². The van der Waals surface area contributed by atoms with E-state index >= 15 is 4.39 Å². The number of aryl methyl sites for hydroxylation is 1. The van der Waals surface area contributed by atoms with Gasteiger partial charge in [-0.3, -0.25) is 9.69 Å². The van der Waals surface area contributed by atoms with E-state index in [-0.39, 0.29) is 5.91 Å². The van der Waals surface area contributed by atoms with Gasteiger partial charge in [-0.25, -0.2) is 14.4 Å². The predicted molar refractivity (Wildman–Crippen MR) is 115 cm³/mol. The van der Waals surface area contributed by atoms with Gasteiger partial charge in [0.05, 0.1) is 12.0 Å². The summed E-state index contributed by atoms with van der Waals surface area (Å²) in [5.74, 6) is 0.232. The molecule has 2 N–H and O–H groups in total. The third-order valence-corrected chi connectivity index (χ3v) is 6.37. The van der Waals surface area contributed by atoms with E-state index in [0.717, 1.165) is 5.56 Å². The highest BCUT2D eigenvalue weighted by Crippen LogP contribution is 2.41. The number of amides is 1. The molecule has 2 aliphatic rings. The van der Waals surface area contributed by atoms with Gasteiger partial charge in [0.2, 0.25) is 0 Å². The third kappa shape index (κ3) is 3.81. The van der Waals surface area contributed by atoms with E-state index in [0.29, 0.717) is 41.8 Å². The zero-order valence-corrected chi connectivity index (χ0v) is 18.2. The average molecular weight is 475 g/mol. The van der Waals surface area contributed by atoms with Gasteiger partial charge < -0.3 is 14.4 Å². The number of nitrogens with zero attached hydrogens (tertiary/aromatic N) is 4. The van der Waals surface area contributed by atoms with Crippen molar-refractivity contribution in [2.75, 3.05) is 18.1 Å². The number of aliphatic hydroxyl groups excluding tert-OH is 1. The van der Waals surface area contributed by atoms with Crippen molar-refractivity contribution in [2.45, 2.75) is 37.4 Å². The van der Waals surface area contributed by atoms with Crippen LogP contribution >= 0.6 is 8.25 Å². The van der Waals surface area contributed by atoms with Gasteiger partial charge in [-0.1, -0.05) is 18.2 Å². The molecule has 1 amide bonds. The first-order valence-electron chi connectivity index (χ1n) is 10.4. The highest BCUT2D eigenvalue weighted by Gasteiger charge is 2.51. The summed E-state index contributed by atoms with van der Waals surface area (Å²) in [7, 11) is -3.09. The number of aromatic nitrogens is 3. The van der Waals surface area contributed by atoms with E-state index in [2.05, 4.69) is 9.97 Å². The molecule has 0 spiro atoms. The van der Waals surface area contributed by atoms with Crippen LogP contribution in [-0.2, 0) is 20.2 Å². The average Bonchev–Trinajstić information content (AvgIpc) is 3.26. The normalized spacial score (nSPS) is 25.3. The van der Waals surface area contributed by atoms with Crippen LogP contribution in [-0.4, -0.2) is 62.0 Å². The van der Waals surface area contributed by atoms with Gasteiger partial charge in [-0.15, -0.1) is 9.42 Å². The maximum atomic E-state index is 15.3. The van der Waals surface area contributed by atoms with Gasteiger partial charge in [0.1, 0.15) is 23.9 Å². The minimum absolute atomic E-state index is 0.197. The molecule has 0 aliphatic carbocycles. The summed E-state index contributed by atoms with van der Waals surface area (Å²) < 4.78 is 38.3. The molecule has 2 aliphatic heterocycles. The molecule has 172 valence electrons. The van der Waals surface area contributed by atoms with Crippen molar-refractivity contribution in [3.05, 3.63) is 54.0 Å². The molecule has 0 bridgehead atoms. The quantitative estimate of drug-likeness (QED) is 0.539. The first-order chi connectivity index (χ1) is 16.0. The topological polar surface area (TPSA) is 127 Å². The monoisotopic (exact) mass is 475 g/mol. The zero-order chi connectivity index (χ0) is 23.1. The van der Waals surface area contributed by atoms with E-state index < -0.39 is 39.5 Å². The Morgan fingerprint density at radius 3 is 2.82 bits per heavy atom. The van der Waals surface area contributed by atoms with E-state index in [1.54, 1.807) is 35.4 Å². The van der Waals surface area contributed by atoms with Crippen LogP contribution in [0.3, 0.4) is 0 Å². The summed E-state index contributed by atoms with van der Waals surface area (Å²) >= 11 is 0. The smallest absolute Gasteiger partial charge is 0.394 e. The first kappa shape index (κ1) is 22.0. The van der Waals surface area contributed by atoms with Gasteiger partial charge in [-0.2, -0.15) is 0 Å². The molecule has 1 saturated heterocycles. The summed E-state index contributed by atoms with van der Waals surface area (Å²) in [6.07, 6.45) is -1.33. The summed E-state index contributed by atoms with van der Waals surface area (Å²) in [5, 5.41) is 10.2. The van der Waals surface area contributed by atoms with E-state index in [1.165, 1.54) is 10.9 Å². The molecule has 33 heavy (non-hydrogen) atoms. The van der Waals surface area contributed by atoms with Crippen LogP contribution in [0.5, 0.6) is 0 Å². The van der Waals surface area contributed by atoms with E-state index in [4.69, 9.17) is 14.2 Å². The molecule has 1 aromatic carbocycles. The Morgan fingerprint density at radius 1 is 1.30 bits per heavy atom. The lowest BCUT2D eigenvalue weighted by Gasteiger charge is -2.21. The number of carbonyl (C=O) groups excluding carboxylic acids is 1. The highest BCUT2D eigenvalue weighted by atomic mass is 31.1. The molecule has 2 aromatic heterocycles. The second-order valence-corrected chi connectivity index (χ2v) is 8.57. The molecular weight excluding hydrogens is 454 g/mol. The Morgan fingerprint density at radius 2 is 2.09 bits per heavy atom. The number of carbonyl (C=O) groups is 1. The predicted octanol–water partition coefficient (Wildman–Crippen LogP) is 2.29. The lowest BCUT2D eigenvalue weighted by atomic mass is 10.1. The van der Waals surface area contributed by atoms with Crippen molar-refractivity contribution in [1.29, 1.82) is 0 Å². The largest absolute Gasteiger partial charge is 0.695 e. The Labute approximate surface area is 188 Å². The third-order valence-electron chi connectivity index (χ3n) is 5.95. The fourth-order valence-electron chi connectivity index (χ4n) is 4.49. The molecule has 0 radical (unpaired) electrons. The molecule has 4 heterocycles. The number of hydrogen-bond donors (Lipinski definition) is 2. The summed E-state index contributed by atoms with van der Waals surface area (Å²) in [4.78, 5) is 32.6. The lowest BCUT2D eigenvalue weighted by Crippen LogP contribution is -2.32. The minimum Gasteiger partial charge on any atom is -0.394 e. The Balaban J connectivity index is 1.57. The summed E-state index contributed by atoms with van der Waals surface area (Å²) in [6, 6.07) is 8.88.